The maximum atomic E-state index is 10.8. The molecule has 2 aromatic rings. The molecule has 0 saturated heterocycles. The first-order valence-electron chi connectivity index (χ1n) is 7.35. The summed E-state index contributed by atoms with van der Waals surface area (Å²) in [6.07, 6.45) is 1.60. The number of methoxy groups -OCH3 is 1. The van der Waals surface area contributed by atoms with E-state index in [1.54, 1.807) is 19.4 Å². The molecule has 0 atom stereocenters. The summed E-state index contributed by atoms with van der Waals surface area (Å²) in [5, 5.41) is 18.8. The summed E-state index contributed by atoms with van der Waals surface area (Å²) in [7, 11) is 1.68. The molecular formula is C15H27N5O3S. The molecule has 8 nitrogen and oxygen atoms in total. The van der Waals surface area contributed by atoms with Crippen molar-refractivity contribution in [3.63, 3.8) is 0 Å². The molecular weight excluding hydrogens is 330 g/mol. The van der Waals surface area contributed by atoms with Gasteiger partial charge in [0.05, 0.1) is 11.9 Å². The van der Waals surface area contributed by atoms with Crippen molar-refractivity contribution in [3.05, 3.63) is 23.3 Å². The van der Waals surface area contributed by atoms with Crippen LogP contribution in [-0.4, -0.2) is 40.0 Å². The quantitative estimate of drug-likeness (QED) is 0.722. The van der Waals surface area contributed by atoms with E-state index in [4.69, 9.17) is 5.21 Å². The van der Waals surface area contributed by atoms with Gasteiger partial charge >= 0.3 is 0 Å². The van der Waals surface area contributed by atoms with Gasteiger partial charge < -0.3 is 15.3 Å². The molecule has 1 amide bonds. The average molecular weight is 357 g/mol. The Morgan fingerprint density at radius 1 is 1.33 bits per heavy atom. The van der Waals surface area contributed by atoms with Gasteiger partial charge in [0.1, 0.15) is 10.7 Å². The summed E-state index contributed by atoms with van der Waals surface area (Å²) in [5.74, 6) is 3.39. The van der Waals surface area contributed by atoms with E-state index < -0.39 is 0 Å². The highest BCUT2D eigenvalue weighted by Crippen LogP contribution is 2.21. The molecule has 136 valence electrons. The summed E-state index contributed by atoms with van der Waals surface area (Å²) >= 11 is 1.49. The predicted molar refractivity (Wildman–Crippen MR) is 97.1 cm³/mol. The number of ether oxygens (including phenoxy) is 1. The molecule has 9 heteroatoms. The molecule has 0 unspecified atom stereocenters. The maximum absolute atomic E-state index is 10.8. The zero-order valence-electron chi connectivity index (χ0n) is 15.0. The van der Waals surface area contributed by atoms with Crippen LogP contribution in [0.1, 0.15) is 32.7 Å². The highest BCUT2D eigenvalue weighted by Gasteiger charge is 2.05. The van der Waals surface area contributed by atoms with Gasteiger partial charge in [0, 0.05) is 20.6 Å². The minimum Gasteiger partial charge on any atom is -0.385 e. The number of nitrogens with one attached hydrogen (secondary N) is 1. The number of nitrogens with zero attached hydrogens (tertiary/aromatic N) is 3. The van der Waals surface area contributed by atoms with Gasteiger partial charge in [-0.3, -0.25) is 9.78 Å². The number of pyridine rings is 1. The fourth-order valence-electron chi connectivity index (χ4n) is 1.20. The fraction of sp³-hybridized carbons (Fsp3) is 0.467. The number of anilines is 1. The maximum Gasteiger partial charge on any atom is 0.221 e. The second kappa shape index (κ2) is 15.9. The average Bonchev–Trinajstić information content (AvgIpc) is 3.05. The van der Waals surface area contributed by atoms with E-state index in [0.29, 0.717) is 5.69 Å². The van der Waals surface area contributed by atoms with Gasteiger partial charge in [-0.05, 0) is 26.0 Å². The van der Waals surface area contributed by atoms with E-state index in [1.807, 2.05) is 33.8 Å². The number of hydrogen-bond donors (Lipinski definition) is 3. The lowest BCUT2D eigenvalue weighted by molar-refractivity contribution is -0.114. The van der Waals surface area contributed by atoms with Gasteiger partial charge in [-0.2, -0.15) is 0 Å². The molecule has 0 spiro atoms. The third-order valence-corrected chi connectivity index (χ3v) is 2.98. The zero-order valence-corrected chi connectivity index (χ0v) is 15.8. The monoisotopic (exact) mass is 357 g/mol. The van der Waals surface area contributed by atoms with Crippen LogP contribution in [0.2, 0.25) is 0 Å². The van der Waals surface area contributed by atoms with Crippen molar-refractivity contribution in [2.75, 3.05) is 19.0 Å². The summed E-state index contributed by atoms with van der Waals surface area (Å²) in [6, 6.07) is 3.60. The minimum atomic E-state index is -0.110. The van der Waals surface area contributed by atoms with Gasteiger partial charge in [0.15, 0.2) is 5.01 Å². The van der Waals surface area contributed by atoms with Crippen LogP contribution >= 0.6 is 11.3 Å². The number of carbonyl (C=O) groups excluding carboxylic acids is 1. The Morgan fingerprint density at radius 2 is 1.92 bits per heavy atom. The third-order valence-electron chi connectivity index (χ3n) is 2.12. The Bertz CT molecular complexity index is 544. The van der Waals surface area contributed by atoms with E-state index in [1.165, 1.54) is 18.3 Å². The standard InChI is InChI=1S/C10H10N4OS.C3H8O.C2H6.H3NO/c1-6(15)12-8-3-4-9(11-5-8)10-14-13-7(2)16-10;1-3-4-2;2*1-2/h3-5H,1-2H3,(H,12,15);3H2,1-2H3;1-2H3;2H,1H2. The van der Waals surface area contributed by atoms with Crippen molar-refractivity contribution in [1.29, 1.82) is 0 Å². The Balaban J connectivity index is 0. The molecule has 0 saturated carbocycles. The highest BCUT2D eigenvalue weighted by atomic mass is 32.1. The van der Waals surface area contributed by atoms with Gasteiger partial charge in [-0.15, -0.1) is 10.2 Å². The molecule has 0 aliphatic carbocycles. The molecule has 4 N–H and O–H groups in total. The summed E-state index contributed by atoms with van der Waals surface area (Å²) < 4.78 is 4.54. The molecule has 24 heavy (non-hydrogen) atoms. The Kier molecular flexibility index (Phi) is 16.1. The number of nitrogens with two attached hydrogens (primary N) is 1. The van der Waals surface area contributed by atoms with Crippen molar-refractivity contribution in [2.45, 2.75) is 34.6 Å². The van der Waals surface area contributed by atoms with E-state index in [2.05, 4.69) is 31.1 Å². The van der Waals surface area contributed by atoms with Crippen LogP contribution in [0.15, 0.2) is 18.3 Å². The first-order chi connectivity index (χ1) is 11.6. The molecule has 2 heterocycles. The second-order valence-corrected chi connectivity index (χ2v) is 5.00. The van der Waals surface area contributed by atoms with Gasteiger partial charge in [-0.25, -0.2) is 5.90 Å². The van der Waals surface area contributed by atoms with Gasteiger partial charge in [0.2, 0.25) is 5.91 Å². The Labute approximate surface area is 147 Å². The van der Waals surface area contributed by atoms with Crippen molar-refractivity contribution in [1.82, 2.24) is 15.2 Å². The van der Waals surface area contributed by atoms with Crippen LogP contribution in [0.3, 0.4) is 0 Å². The number of aryl methyl sites for hydroxylation is 1. The first kappa shape index (κ1) is 24.3. The zero-order chi connectivity index (χ0) is 19.0. The number of amides is 1. The molecule has 0 aliphatic heterocycles. The number of hydrogen-bond acceptors (Lipinski definition) is 8. The lowest BCUT2D eigenvalue weighted by Crippen LogP contribution is -2.05. The fourth-order valence-corrected chi connectivity index (χ4v) is 1.87. The summed E-state index contributed by atoms with van der Waals surface area (Å²) in [5.41, 5.74) is 1.44. The summed E-state index contributed by atoms with van der Waals surface area (Å²) in [4.78, 5) is 15.0. The second-order valence-electron chi connectivity index (χ2n) is 3.82. The lowest BCUT2D eigenvalue weighted by atomic mass is 10.3. The van der Waals surface area contributed by atoms with Crippen LogP contribution in [0.5, 0.6) is 0 Å². The van der Waals surface area contributed by atoms with Crippen LogP contribution in [0.25, 0.3) is 10.7 Å². The molecule has 2 aromatic heterocycles. The molecule has 0 radical (unpaired) electrons. The number of carbonyl (C=O) groups is 1. The van der Waals surface area contributed by atoms with Crippen LogP contribution in [-0.2, 0) is 9.53 Å². The van der Waals surface area contributed by atoms with Crippen molar-refractivity contribution >= 4 is 22.9 Å². The van der Waals surface area contributed by atoms with E-state index in [0.717, 1.165) is 22.3 Å². The van der Waals surface area contributed by atoms with E-state index >= 15 is 0 Å². The van der Waals surface area contributed by atoms with Crippen LogP contribution in [0, 0.1) is 6.92 Å². The highest BCUT2D eigenvalue weighted by molar-refractivity contribution is 7.14. The van der Waals surface area contributed by atoms with E-state index in [-0.39, 0.29) is 5.91 Å². The lowest BCUT2D eigenvalue weighted by Gasteiger charge is -2.01. The molecule has 0 aromatic carbocycles. The predicted octanol–water partition coefficient (Wildman–Crippen LogP) is 2.88. The Morgan fingerprint density at radius 3 is 2.25 bits per heavy atom. The van der Waals surface area contributed by atoms with Crippen molar-refractivity contribution < 1.29 is 14.7 Å². The van der Waals surface area contributed by atoms with Crippen LogP contribution < -0.4 is 11.2 Å². The van der Waals surface area contributed by atoms with Gasteiger partial charge in [0.25, 0.3) is 0 Å². The molecule has 0 fully saturated rings. The molecule has 0 bridgehead atoms. The van der Waals surface area contributed by atoms with Crippen LogP contribution in [0.4, 0.5) is 5.69 Å². The summed E-state index contributed by atoms with van der Waals surface area (Å²) in [6.45, 7) is 10.1. The SMILES string of the molecule is CC.CC(=O)Nc1ccc(-c2nnc(C)s2)nc1.CCOC.NO. The minimum absolute atomic E-state index is 0.110. The van der Waals surface area contributed by atoms with Gasteiger partial charge in [-0.1, -0.05) is 25.2 Å². The molecule has 0 aliphatic rings. The smallest absolute Gasteiger partial charge is 0.221 e. The number of rotatable bonds is 3. The van der Waals surface area contributed by atoms with Crippen molar-refractivity contribution in [3.8, 4) is 10.7 Å². The largest absolute Gasteiger partial charge is 0.385 e. The Hall–Kier alpha value is -1.94. The number of aromatic nitrogens is 3. The molecule has 2 rings (SSSR count). The van der Waals surface area contributed by atoms with Crippen molar-refractivity contribution in [2.24, 2.45) is 5.90 Å². The van der Waals surface area contributed by atoms with E-state index in [9.17, 15) is 4.79 Å². The normalized spacial score (nSPS) is 8.50. The third kappa shape index (κ3) is 10.7. The topological polar surface area (TPSA) is 123 Å². The first-order valence-corrected chi connectivity index (χ1v) is 8.17.